The summed E-state index contributed by atoms with van der Waals surface area (Å²) in [6.07, 6.45) is 1.27. The lowest BCUT2D eigenvalue weighted by Crippen LogP contribution is -2.30. The average Bonchev–Trinajstić information content (AvgIpc) is 3.44. The molecule has 0 saturated carbocycles. The van der Waals surface area contributed by atoms with Gasteiger partial charge in [-0.1, -0.05) is 0 Å². The number of rotatable bonds is 5. The van der Waals surface area contributed by atoms with E-state index < -0.39 is 27.7 Å². The molecule has 1 aromatic heterocycles. The molecule has 2 saturated heterocycles. The Kier molecular flexibility index (Phi) is 6.45. The number of sulfonamides is 1. The highest BCUT2D eigenvalue weighted by Crippen LogP contribution is 2.36. The number of halogens is 3. The Balaban J connectivity index is 1.64. The lowest BCUT2D eigenvalue weighted by molar-refractivity contribution is -0.137. The smallest absolute Gasteiger partial charge is 0.370 e. The van der Waals surface area contributed by atoms with Crippen LogP contribution in [0.15, 0.2) is 35.4 Å². The van der Waals surface area contributed by atoms with Crippen molar-refractivity contribution in [1.82, 2.24) is 8.87 Å². The minimum absolute atomic E-state index is 0.00246. The standard InChI is InChI=1S/C22H27F3N4O3S/c1-27-15-17(33(31,32)29-11-5-6-12-29)14-20(27)21(30)26-18-13-16(22(23,24)25)7-8-19(18)28-9-3-2-4-10-28/h7-8,13-15H,2-6,9-12H2,1H3,(H,26,30). The van der Waals surface area contributed by atoms with Crippen LogP contribution in [-0.4, -0.2) is 49.4 Å². The van der Waals surface area contributed by atoms with E-state index in [2.05, 4.69) is 5.32 Å². The molecule has 0 spiro atoms. The quantitative estimate of drug-likeness (QED) is 0.694. The molecule has 0 unspecified atom stereocenters. The lowest BCUT2D eigenvalue weighted by Gasteiger charge is -2.31. The van der Waals surface area contributed by atoms with Gasteiger partial charge < -0.3 is 14.8 Å². The molecule has 33 heavy (non-hydrogen) atoms. The van der Waals surface area contributed by atoms with Gasteiger partial charge in [0, 0.05) is 39.4 Å². The molecule has 0 aliphatic carbocycles. The zero-order valence-corrected chi connectivity index (χ0v) is 19.2. The van der Waals surface area contributed by atoms with E-state index in [-0.39, 0.29) is 16.3 Å². The van der Waals surface area contributed by atoms with E-state index in [0.29, 0.717) is 31.9 Å². The predicted octanol–water partition coefficient (Wildman–Crippen LogP) is 4.07. The number of piperidine rings is 1. The number of hydrogen-bond donors (Lipinski definition) is 1. The Labute approximate surface area is 191 Å². The third kappa shape index (κ3) is 4.89. The van der Waals surface area contributed by atoms with Crippen LogP contribution in [0.5, 0.6) is 0 Å². The molecule has 0 bridgehead atoms. The van der Waals surface area contributed by atoms with E-state index in [1.54, 1.807) is 0 Å². The average molecular weight is 485 g/mol. The van der Waals surface area contributed by atoms with Crippen LogP contribution in [0.1, 0.15) is 48.2 Å². The first-order valence-electron chi connectivity index (χ1n) is 11.0. The number of aryl methyl sites for hydroxylation is 1. The number of nitrogens with zero attached hydrogens (tertiary/aromatic N) is 3. The Morgan fingerprint density at radius 2 is 1.61 bits per heavy atom. The first kappa shape index (κ1) is 23.6. The van der Waals surface area contributed by atoms with Crippen LogP contribution < -0.4 is 10.2 Å². The van der Waals surface area contributed by atoms with Crippen molar-refractivity contribution in [2.24, 2.45) is 7.05 Å². The maximum atomic E-state index is 13.3. The Morgan fingerprint density at radius 1 is 0.970 bits per heavy atom. The third-order valence-electron chi connectivity index (χ3n) is 6.18. The second-order valence-electron chi connectivity index (χ2n) is 8.51. The van der Waals surface area contributed by atoms with Gasteiger partial charge in [0.05, 0.1) is 16.9 Å². The molecule has 2 aliphatic rings. The van der Waals surface area contributed by atoms with Gasteiger partial charge in [0.15, 0.2) is 0 Å². The number of amides is 1. The van der Waals surface area contributed by atoms with Gasteiger partial charge in [0.2, 0.25) is 10.0 Å². The summed E-state index contributed by atoms with van der Waals surface area (Å²) in [5, 5.41) is 2.60. The highest BCUT2D eigenvalue weighted by atomic mass is 32.2. The van der Waals surface area contributed by atoms with Crippen LogP contribution in [0, 0.1) is 0 Å². The van der Waals surface area contributed by atoms with Crippen LogP contribution in [0.25, 0.3) is 0 Å². The normalized spacial score (nSPS) is 18.0. The van der Waals surface area contributed by atoms with Crippen LogP contribution >= 0.6 is 0 Å². The molecule has 4 rings (SSSR count). The molecule has 2 aliphatic heterocycles. The third-order valence-corrected chi connectivity index (χ3v) is 8.05. The second kappa shape index (κ2) is 9.02. The maximum Gasteiger partial charge on any atom is 0.416 e. The summed E-state index contributed by atoms with van der Waals surface area (Å²) in [4.78, 5) is 15.0. The summed E-state index contributed by atoms with van der Waals surface area (Å²) >= 11 is 0. The molecule has 180 valence electrons. The van der Waals surface area contributed by atoms with Crippen molar-refractivity contribution in [1.29, 1.82) is 0 Å². The molecular weight excluding hydrogens is 457 g/mol. The monoisotopic (exact) mass is 484 g/mol. The molecule has 1 amide bonds. The number of hydrogen-bond acceptors (Lipinski definition) is 4. The van der Waals surface area contributed by atoms with Gasteiger partial charge in [-0.2, -0.15) is 17.5 Å². The van der Waals surface area contributed by atoms with Gasteiger partial charge in [-0.25, -0.2) is 8.42 Å². The molecule has 0 atom stereocenters. The van der Waals surface area contributed by atoms with E-state index in [1.807, 2.05) is 4.90 Å². The van der Waals surface area contributed by atoms with Gasteiger partial charge in [0.1, 0.15) is 10.6 Å². The lowest BCUT2D eigenvalue weighted by atomic mass is 10.1. The highest BCUT2D eigenvalue weighted by molar-refractivity contribution is 7.89. The Bertz CT molecular complexity index is 1130. The van der Waals surface area contributed by atoms with Gasteiger partial charge in [-0.15, -0.1) is 0 Å². The number of carbonyl (C=O) groups excluding carboxylic acids is 1. The summed E-state index contributed by atoms with van der Waals surface area (Å²) in [6.45, 7) is 2.25. The minimum Gasteiger partial charge on any atom is -0.370 e. The van der Waals surface area contributed by atoms with Gasteiger partial charge in [0.25, 0.3) is 5.91 Å². The number of carbonyl (C=O) groups is 1. The zero-order valence-electron chi connectivity index (χ0n) is 18.4. The fraction of sp³-hybridized carbons (Fsp3) is 0.500. The summed E-state index contributed by atoms with van der Waals surface area (Å²) in [7, 11) is -2.19. The van der Waals surface area contributed by atoms with Crippen molar-refractivity contribution in [2.45, 2.75) is 43.2 Å². The number of anilines is 2. The molecular formula is C22H27F3N4O3S. The van der Waals surface area contributed by atoms with E-state index in [9.17, 15) is 26.4 Å². The van der Waals surface area contributed by atoms with Gasteiger partial charge in [-0.3, -0.25) is 4.79 Å². The van der Waals surface area contributed by atoms with E-state index in [4.69, 9.17) is 0 Å². The van der Waals surface area contributed by atoms with Crippen molar-refractivity contribution in [3.63, 3.8) is 0 Å². The van der Waals surface area contributed by atoms with Crippen molar-refractivity contribution < 1.29 is 26.4 Å². The molecule has 7 nitrogen and oxygen atoms in total. The van der Waals surface area contributed by atoms with Crippen molar-refractivity contribution in [3.8, 4) is 0 Å². The molecule has 2 fully saturated rings. The molecule has 1 N–H and O–H groups in total. The van der Waals surface area contributed by atoms with E-state index >= 15 is 0 Å². The summed E-state index contributed by atoms with van der Waals surface area (Å²) < 4.78 is 68.5. The van der Waals surface area contributed by atoms with Gasteiger partial charge >= 0.3 is 6.18 Å². The molecule has 11 heteroatoms. The zero-order chi connectivity index (χ0) is 23.8. The first-order valence-corrected chi connectivity index (χ1v) is 12.5. The Morgan fingerprint density at radius 3 is 2.24 bits per heavy atom. The SMILES string of the molecule is Cn1cc(S(=O)(=O)N2CCCC2)cc1C(=O)Nc1cc(C(F)(F)F)ccc1N1CCCCC1. The fourth-order valence-corrected chi connectivity index (χ4v) is 5.98. The Hall–Kier alpha value is -2.53. The maximum absolute atomic E-state index is 13.3. The van der Waals surface area contributed by atoms with E-state index in [0.717, 1.165) is 44.2 Å². The number of alkyl halides is 3. The van der Waals surface area contributed by atoms with Crippen LogP contribution in [-0.2, 0) is 23.2 Å². The molecule has 2 aromatic rings. The topological polar surface area (TPSA) is 74.6 Å². The number of benzene rings is 1. The van der Waals surface area contributed by atoms with E-state index in [1.165, 1.54) is 34.2 Å². The van der Waals surface area contributed by atoms with Crippen LogP contribution in [0.2, 0.25) is 0 Å². The second-order valence-corrected chi connectivity index (χ2v) is 10.5. The first-order chi connectivity index (χ1) is 15.6. The predicted molar refractivity (Wildman–Crippen MR) is 119 cm³/mol. The molecule has 3 heterocycles. The minimum atomic E-state index is -4.55. The summed E-state index contributed by atoms with van der Waals surface area (Å²) in [5.41, 5.74) is -0.227. The van der Waals surface area contributed by atoms with Crippen LogP contribution in [0.4, 0.5) is 24.5 Å². The molecule has 0 radical (unpaired) electrons. The number of nitrogens with one attached hydrogen (secondary N) is 1. The van der Waals surface area contributed by atoms with Crippen molar-refractivity contribution >= 4 is 27.3 Å². The highest BCUT2D eigenvalue weighted by Gasteiger charge is 2.33. The fourth-order valence-electron chi connectivity index (χ4n) is 4.39. The number of aromatic nitrogens is 1. The summed E-state index contributed by atoms with van der Waals surface area (Å²) in [6, 6.07) is 4.62. The largest absolute Gasteiger partial charge is 0.416 e. The van der Waals surface area contributed by atoms with Crippen LogP contribution in [0.3, 0.4) is 0 Å². The summed E-state index contributed by atoms with van der Waals surface area (Å²) in [5.74, 6) is -0.669. The van der Waals surface area contributed by atoms with Crippen molar-refractivity contribution in [3.05, 3.63) is 41.7 Å². The van der Waals surface area contributed by atoms with Crippen molar-refractivity contribution in [2.75, 3.05) is 36.4 Å². The van der Waals surface area contributed by atoms with Gasteiger partial charge in [-0.05, 0) is 56.4 Å². The molecule has 1 aromatic carbocycles.